The molecule has 0 saturated heterocycles. The van der Waals surface area contributed by atoms with Gasteiger partial charge in [-0.15, -0.1) is 0 Å². The normalized spacial score (nSPS) is 11.5. The van der Waals surface area contributed by atoms with E-state index in [9.17, 15) is 8.42 Å². The van der Waals surface area contributed by atoms with Crippen LogP contribution in [0.1, 0.15) is 11.1 Å². The van der Waals surface area contributed by atoms with Gasteiger partial charge in [0.2, 0.25) is 0 Å². The molecular weight excluding hydrogens is 192 g/mol. The molecule has 1 aromatic carbocycles. The summed E-state index contributed by atoms with van der Waals surface area (Å²) < 4.78 is 29.7. The second-order valence-electron chi connectivity index (χ2n) is 2.84. The molecule has 0 radical (unpaired) electrons. The predicted molar refractivity (Wildman–Crippen MR) is 48.1 cm³/mol. The van der Waals surface area contributed by atoms with Gasteiger partial charge in [-0.1, -0.05) is 6.07 Å². The molecule has 0 bridgehead atoms. The topological polar surface area (TPSA) is 74.6 Å². The molecule has 4 nitrogen and oxygen atoms in total. The SMILES string of the molecule is Cc1ccc(O)cc1CS(=O)(=O)O. The van der Waals surface area contributed by atoms with Gasteiger partial charge < -0.3 is 5.11 Å². The summed E-state index contributed by atoms with van der Waals surface area (Å²) in [6.07, 6.45) is 0. The van der Waals surface area contributed by atoms with E-state index < -0.39 is 15.9 Å². The molecule has 0 fully saturated rings. The van der Waals surface area contributed by atoms with Gasteiger partial charge in [0.05, 0.1) is 0 Å². The Balaban J connectivity index is 3.08. The number of phenols is 1. The summed E-state index contributed by atoms with van der Waals surface area (Å²) in [6, 6.07) is 4.38. The van der Waals surface area contributed by atoms with Gasteiger partial charge in [-0.05, 0) is 30.2 Å². The fraction of sp³-hybridized carbons (Fsp3) is 0.250. The first kappa shape index (κ1) is 10.0. The summed E-state index contributed by atoms with van der Waals surface area (Å²) in [4.78, 5) is 0. The molecular formula is C8H10O4S. The van der Waals surface area contributed by atoms with Gasteiger partial charge in [-0.25, -0.2) is 0 Å². The Bertz CT molecular complexity index is 408. The van der Waals surface area contributed by atoms with Crippen LogP contribution in [0.25, 0.3) is 0 Å². The van der Waals surface area contributed by atoms with E-state index in [4.69, 9.17) is 9.66 Å². The lowest BCUT2D eigenvalue weighted by Crippen LogP contribution is -2.02. The van der Waals surface area contributed by atoms with E-state index in [1.165, 1.54) is 12.1 Å². The summed E-state index contributed by atoms with van der Waals surface area (Å²) in [5, 5.41) is 9.06. The summed E-state index contributed by atoms with van der Waals surface area (Å²) >= 11 is 0. The van der Waals surface area contributed by atoms with E-state index in [0.29, 0.717) is 5.56 Å². The number of aromatic hydroxyl groups is 1. The highest BCUT2D eigenvalue weighted by Crippen LogP contribution is 2.17. The molecule has 13 heavy (non-hydrogen) atoms. The zero-order chi connectivity index (χ0) is 10.1. The lowest BCUT2D eigenvalue weighted by Gasteiger charge is -2.03. The van der Waals surface area contributed by atoms with Crippen molar-refractivity contribution in [2.75, 3.05) is 0 Å². The van der Waals surface area contributed by atoms with Crippen molar-refractivity contribution in [1.29, 1.82) is 0 Å². The first-order chi connectivity index (χ1) is 5.88. The van der Waals surface area contributed by atoms with Crippen LogP contribution < -0.4 is 0 Å². The van der Waals surface area contributed by atoms with Crippen molar-refractivity contribution < 1.29 is 18.1 Å². The average Bonchev–Trinajstić information content (AvgIpc) is 1.94. The van der Waals surface area contributed by atoms with Crippen LogP contribution in [0.5, 0.6) is 5.75 Å². The Morgan fingerprint density at radius 2 is 2.00 bits per heavy atom. The molecule has 2 N–H and O–H groups in total. The summed E-state index contributed by atoms with van der Waals surface area (Å²) in [5.41, 5.74) is 1.12. The predicted octanol–water partition coefficient (Wildman–Crippen LogP) is 1.09. The van der Waals surface area contributed by atoms with Crippen LogP contribution in [0.2, 0.25) is 0 Å². The number of hydrogen-bond acceptors (Lipinski definition) is 3. The number of aryl methyl sites for hydroxylation is 1. The van der Waals surface area contributed by atoms with Gasteiger partial charge in [0, 0.05) is 0 Å². The van der Waals surface area contributed by atoms with Crippen molar-refractivity contribution in [3.63, 3.8) is 0 Å². The minimum atomic E-state index is -4.03. The van der Waals surface area contributed by atoms with Crippen LogP contribution in [0.3, 0.4) is 0 Å². The molecule has 0 aliphatic rings. The van der Waals surface area contributed by atoms with E-state index in [-0.39, 0.29) is 5.75 Å². The molecule has 0 unspecified atom stereocenters. The summed E-state index contributed by atoms with van der Waals surface area (Å²) in [6.45, 7) is 1.71. The third kappa shape index (κ3) is 3.04. The fourth-order valence-electron chi connectivity index (χ4n) is 1.01. The molecule has 0 heterocycles. The van der Waals surface area contributed by atoms with Crippen LogP contribution in [0.15, 0.2) is 18.2 Å². The van der Waals surface area contributed by atoms with Gasteiger partial charge >= 0.3 is 0 Å². The van der Waals surface area contributed by atoms with E-state index >= 15 is 0 Å². The lowest BCUT2D eigenvalue weighted by atomic mass is 10.1. The molecule has 5 heteroatoms. The number of hydrogen-bond donors (Lipinski definition) is 2. The van der Waals surface area contributed by atoms with Crippen LogP contribution in [0.4, 0.5) is 0 Å². The maximum atomic E-state index is 10.5. The van der Waals surface area contributed by atoms with Gasteiger partial charge in [-0.3, -0.25) is 4.55 Å². The van der Waals surface area contributed by atoms with E-state index in [2.05, 4.69) is 0 Å². The molecule has 1 rings (SSSR count). The quantitative estimate of drug-likeness (QED) is 0.704. The smallest absolute Gasteiger partial charge is 0.269 e. The zero-order valence-corrected chi connectivity index (χ0v) is 7.87. The highest BCUT2D eigenvalue weighted by molar-refractivity contribution is 7.85. The molecule has 0 atom stereocenters. The Labute approximate surface area is 76.6 Å². The molecule has 0 spiro atoms. The first-order valence-electron chi connectivity index (χ1n) is 3.62. The summed E-state index contributed by atoms with van der Waals surface area (Å²) in [7, 11) is -4.03. The molecule has 0 aliphatic carbocycles. The molecule has 0 saturated carbocycles. The number of phenolic OH excluding ortho intramolecular Hbond substituents is 1. The van der Waals surface area contributed by atoms with Crippen molar-refractivity contribution in [2.45, 2.75) is 12.7 Å². The zero-order valence-electron chi connectivity index (χ0n) is 7.06. The standard InChI is InChI=1S/C8H10O4S/c1-6-2-3-8(9)4-7(6)5-13(10,11)12/h2-4,9H,5H2,1H3,(H,10,11,12). The Morgan fingerprint density at radius 3 is 2.54 bits per heavy atom. The van der Waals surface area contributed by atoms with E-state index in [1.54, 1.807) is 13.0 Å². The maximum Gasteiger partial charge on any atom is 0.269 e. The van der Waals surface area contributed by atoms with E-state index in [1.807, 2.05) is 0 Å². The van der Waals surface area contributed by atoms with E-state index in [0.717, 1.165) is 5.56 Å². The highest BCUT2D eigenvalue weighted by Gasteiger charge is 2.09. The minimum Gasteiger partial charge on any atom is -0.508 e. The van der Waals surface area contributed by atoms with Gasteiger partial charge in [-0.2, -0.15) is 8.42 Å². The second kappa shape index (κ2) is 3.35. The lowest BCUT2D eigenvalue weighted by molar-refractivity contribution is 0.473. The largest absolute Gasteiger partial charge is 0.508 e. The van der Waals surface area contributed by atoms with Crippen molar-refractivity contribution in [1.82, 2.24) is 0 Å². The van der Waals surface area contributed by atoms with Gasteiger partial charge in [0.15, 0.2) is 0 Å². The third-order valence-corrected chi connectivity index (χ3v) is 2.35. The van der Waals surface area contributed by atoms with Gasteiger partial charge in [0.1, 0.15) is 11.5 Å². The Morgan fingerprint density at radius 1 is 1.38 bits per heavy atom. The fourth-order valence-corrected chi connectivity index (χ4v) is 1.71. The van der Waals surface area contributed by atoms with Crippen molar-refractivity contribution in [3.8, 4) is 5.75 Å². The number of benzene rings is 1. The average molecular weight is 202 g/mol. The Kier molecular flexibility index (Phi) is 2.58. The maximum absolute atomic E-state index is 10.5. The highest BCUT2D eigenvalue weighted by atomic mass is 32.2. The van der Waals surface area contributed by atoms with Crippen LogP contribution in [0, 0.1) is 6.92 Å². The Hall–Kier alpha value is -1.07. The minimum absolute atomic E-state index is 0.00995. The van der Waals surface area contributed by atoms with Crippen molar-refractivity contribution in [2.24, 2.45) is 0 Å². The summed E-state index contributed by atoms with van der Waals surface area (Å²) in [5.74, 6) is -0.475. The van der Waals surface area contributed by atoms with Crippen molar-refractivity contribution >= 4 is 10.1 Å². The third-order valence-electron chi connectivity index (χ3n) is 1.67. The van der Waals surface area contributed by atoms with Crippen molar-refractivity contribution in [3.05, 3.63) is 29.3 Å². The number of rotatable bonds is 2. The van der Waals surface area contributed by atoms with Gasteiger partial charge in [0.25, 0.3) is 10.1 Å². The van der Waals surface area contributed by atoms with Crippen LogP contribution in [-0.2, 0) is 15.9 Å². The molecule has 1 aromatic rings. The van der Waals surface area contributed by atoms with Crippen LogP contribution >= 0.6 is 0 Å². The second-order valence-corrected chi connectivity index (χ2v) is 4.29. The van der Waals surface area contributed by atoms with Crippen LogP contribution in [-0.4, -0.2) is 18.1 Å². The molecule has 0 aromatic heterocycles. The first-order valence-corrected chi connectivity index (χ1v) is 5.23. The molecule has 72 valence electrons. The molecule has 0 amide bonds. The monoisotopic (exact) mass is 202 g/mol. The molecule has 0 aliphatic heterocycles.